The van der Waals surface area contributed by atoms with Gasteiger partial charge in [0.15, 0.2) is 6.10 Å². The number of benzene rings is 1. The topological polar surface area (TPSA) is 35.1 Å². The lowest BCUT2D eigenvalue weighted by molar-refractivity contribution is -0.670. The van der Waals surface area contributed by atoms with E-state index in [1.165, 1.54) is 4.57 Å². The molecule has 0 bridgehead atoms. The van der Waals surface area contributed by atoms with Crippen LogP contribution in [0.4, 0.5) is 0 Å². The van der Waals surface area contributed by atoms with E-state index in [9.17, 15) is 4.79 Å². The van der Waals surface area contributed by atoms with Gasteiger partial charge in [0, 0.05) is 7.11 Å². The van der Waals surface area contributed by atoms with Crippen LogP contribution in [-0.4, -0.2) is 17.6 Å². The fourth-order valence-corrected chi connectivity index (χ4v) is 1.72. The van der Waals surface area contributed by atoms with Gasteiger partial charge < -0.3 is 4.74 Å². The maximum Gasteiger partial charge on any atom is 0.347 e. The molecule has 88 valence electrons. The lowest BCUT2D eigenvalue weighted by Gasteiger charge is -2.11. The third kappa shape index (κ3) is 2.42. The molecule has 1 heterocycles. The van der Waals surface area contributed by atoms with Gasteiger partial charge in [0.2, 0.25) is 0 Å². The van der Waals surface area contributed by atoms with Crippen LogP contribution in [0.25, 0.3) is 0 Å². The van der Waals surface area contributed by atoms with Crippen LogP contribution in [-0.2, 0) is 11.8 Å². The number of aryl methyl sites for hydroxylation is 1. The fourth-order valence-electron chi connectivity index (χ4n) is 1.72. The Labute approximate surface area is 100 Å². The van der Waals surface area contributed by atoms with Gasteiger partial charge in [-0.1, -0.05) is 30.3 Å². The minimum atomic E-state index is -0.566. The quantitative estimate of drug-likeness (QED) is 0.747. The van der Waals surface area contributed by atoms with E-state index in [-0.39, 0.29) is 5.91 Å². The van der Waals surface area contributed by atoms with Crippen molar-refractivity contribution in [3.05, 3.63) is 54.6 Å². The van der Waals surface area contributed by atoms with Gasteiger partial charge in [-0.05, 0) is 5.56 Å². The standard InChI is InChI=1S/C13H15N2O2/c1-14-8-9-15(10-14)13(16)12(17-2)11-6-4-3-5-7-11/h3-10,12H,1-2H3/q+1/t12-/m0/s1. The highest BCUT2D eigenvalue weighted by Crippen LogP contribution is 2.18. The van der Waals surface area contributed by atoms with Gasteiger partial charge in [0.1, 0.15) is 12.4 Å². The number of carbonyl (C=O) groups excluding carboxylic acids is 1. The third-order valence-corrected chi connectivity index (χ3v) is 2.59. The van der Waals surface area contributed by atoms with Gasteiger partial charge in [0.25, 0.3) is 6.33 Å². The summed E-state index contributed by atoms with van der Waals surface area (Å²) in [5.41, 5.74) is 0.858. The van der Waals surface area contributed by atoms with Crippen LogP contribution >= 0.6 is 0 Å². The summed E-state index contributed by atoms with van der Waals surface area (Å²) in [5.74, 6) is -0.0979. The Kier molecular flexibility index (Phi) is 3.35. The molecule has 0 saturated carbocycles. The first-order chi connectivity index (χ1) is 8.22. The molecule has 0 aliphatic heterocycles. The largest absolute Gasteiger partial charge is 0.364 e. The Morgan fingerprint density at radius 2 is 2.06 bits per heavy atom. The van der Waals surface area contributed by atoms with Gasteiger partial charge in [0.05, 0.1) is 7.05 Å². The lowest BCUT2D eigenvalue weighted by atomic mass is 10.1. The first kappa shape index (κ1) is 11.5. The molecule has 4 nitrogen and oxygen atoms in total. The van der Waals surface area contributed by atoms with E-state index in [1.807, 2.05) is 48.1 Å². The van der Waals surface area contributed by atoms with Gasteiger partial charge in [-0.2, -0.15) is 4.57 Å². The number of carbonyl (C=O) groups is 1. The normalized spacial score (nSPS) is 12.4. The van der Waals surface area contributed by atoms with Crippen molar-refractivity contribution in [1.82, 2.24) is 4.57 Å². The highest BCUT2D eigenvalue weighted by atomic mass is 16.5. The molecule has 0 radical (unpaired) electrons. The van der Waals surface area contributed by atoms with Crippen LogP contribution in [0.1, 0.15) is 16.5 Å². The molecule has 0 amide bonds. The van der Waals surface area contributed by atoms with Gasteiger partial charge in [-0.15, -0.1) is 0 Å². The zero-order valence-electron chi connectivity index (χ0n) is 9.91. The molecule has 0 aliphatic carbocycles. The minimum absolute atomic E-state index is 0.0979. The minimum Gasteiger partial charge on any atom is -0.364 e. The molecule has 1 atom stereocenters. The number of hydrogen-bond donors (Lipinski definition) is 0. The number of hydrogen-bond acceptors (Lipinski definition) is 2. The van der Waals surface area contributed by atoms with Crippen molar-refractivity contribution < 1.29 is 14.1 Å². The third-order valence-electron chi connectivity index (χ3n) is 2.59. The van der Waals surface area contributed by atoms with Gasteiger partial charge in [-0.25, -0.2) is 9.36 Å². The Bertz CT molecular complexity index is 505. The van der Waals surface area contributed by atoms with E-state index >= 15 is 0 Å². The van der Waals surface area contributed by atoms with Crippen LogP contribution in [0, 0.1) is 0 Å². The molecule has 2 aromatic rings. The van der Waals surface area contributed by atoms with Crippen LogP contribution in [0.2, 0.25) is 0 Å². The van der Waals surface area contributed by atoms with E-state index in [1.54, 1.807) is 19.6 Å². The second kappa shape index (κ2) is 4.93. The second-order valence-electron chi connectivity index (χ2n) is 3.85. The molecule has 0 spiro atoms. The Morgan fingerprint density at radius 1 is 1.35 bits per heavy atom. The summed E-state index contributed by atoms with van der Waals surface area (Å²) in [7, 11) is 3.41. The second-order valence-corrected chi connectivity index (χ2v) is 3.85. The molecule has 1 aromatic heterocycles. The molecule has 0 aliphatic rings. The molecule has 17 heavy (non-hydrogen) atoms. The number of ether oxygens (including phenoxy) is 1. The molecule has 0 saturated heterocycles. The predicted molar refractivity (Wildman–Crippen MR) is 62.4 cm³/mol. The van der Waals surface area contributed by atoms with Crippen LogP contribution in [0.5, 0.6) is 0 Å². The number of nitrogens with zero attached hydrogens (tertiary/aromatic N) is 2. The highest BCUT2D eigenvalue weighted by Gasteiger charge is 2.25. The molecule has 0 N–H and O–H groups in total. The van der Waals surface area contributed by atoms with Crippen LogP contribution in [0.15, 0.2) is 49.1 Å². The van der Waals surface area contributed by atoms with E-state index in [0.29, 0.717) is 0 Å². The molecule has 0 unspecified atom stereocenters. The van der Waals surface area contributed by atoms with Crippen molar-refractivity contribution in [2.24, 2.45) is 7.05 Å². The monoisotopic (exact) mass is 231 g/mol. The first-order valence-electron chi connectivity index (χ1n) is 5.37. The summed E-state index contributed by atoms with van der Waals surface area (Å²) in [6.07, 6.45) is 4.69. The van der Waals surface area contributed by atoms with Crippen molar-refractivity contribution in [2.45, 2.75) is 6.10 Å². The summed E-state index contributed by atoms with van der Waals surface area (Å²) >= 11 is 0. The predicted octanol–water partition coefficient (Wildman–Crippen LogP) is 1.34. The first-order valence-corrected chi connectivity index (χ1v) is 5.37. The van der Waals surface area contributed by atoms with E-state index in [0.717, 1.165) is 5.56 Å². The summed E-state index contributed by atoms with van der Waals surface area (Å²) in [5, 5.41) is 0. The lowest BCUT2D eigenvalue weighted by Crippen LogP contribution is -2.27. The van der Waals surface area contributed by atoms with Crippen LogP contribution < -0.4 is 4.57 Å². The molecule has 0 fully saturated rings. The average molecular weight is 231 g/mol. The van der Waals surface area contributed by atoms with Crippen molar-refractivity contribution in [2.75, 3.05) is 7.11 Å². The van der Waals surface area contributed by atoms with Gasteiger partial charge >= 0.3 is 5.91 Å². The van der Waals surface area contributed by atoms with E-state index < -0.39 is 6.10 Å². The van der Waals surface area contributed by atoms with Crippen molar-refractivity contribution >= 4 is 5.91 Å². The Hall–Kier alpha value is -1.94. The molecule has 1 aromatic carbocycles. The number of imidazole rings is 1. The fraction of sp³-hybridized carbons (Fsp3) is 0.231. The van der Waals surface area contributed by atoms with E-state index in [2.05, 4.69) is 0 Å². The SMILES string of the molecule is CO[C@H](C(=O)n1cc[n+](C)c1)c1ccccc1. The molecule has 4 heteroatoms. The highest BCUT2D eigenvalue weighted by molar-refractivity contribution is 5.84. The maximum absolute atomic E-state index is 12.2. The molecular formula is C13H15N2O2+. The smallest absolute Gasteiger partial charge is 0.347 e. The summed E-state index contributed by atoms with van der Waals surface area (Å²) < 4.78 is 8.63. The van der Waals surface area contributed by atoms with Crippen molar-refractivity contribution in [3.8, 4) is 0 Å². The van der Waals surface area contributed by atoms with Crippen molar-refractivity contribution in [3.63, 3.8) is 0 Å². The zero-order valence-corrected chi connectivity index (χ0v) is 9.91. The van der Waals surface area contributed by atoms with Gasteiger partial charge in [-0.3, -0.25) is 0 Å². The Morgan fingerprint density at radius 3 is 2.59 bits per heavy atom. The number of aromatic nitrogens is 2. The number of rotatable bonds is 3. The summed E-state index contributed by atoms with van der Waals surface area (Å²) in [6, 6.07) is 9.47. The summed E-state index contributed by atoms with van der Waals surface area (Å²) in [4.78, 5) is 12.2. The van der Waals surface area contributed by atoms with Crippen molar-refractivity contribution in [1.29, 1.82) is 0 Å². The molecule has 2 rings (SSSR count). The van der Waals surface area contributed by atoms with Crippen LogP contribution in [0.3, 0.4) is 0 Å². The average Bonchev–Trinajstić information content (AvgIpc) is 2.78. The van der Waals surface area contributed by atoms with E-state index in [4.69, 9.17) is 4.74 Å². The Balaban J connectivity index is 2.28. The maximum atomic E-state index is 12.2. The molecular weight excluding hydrogens is 216 g/mol. The summed E-state index contributed by atoms with van der Waals surface area (Å²) in [6.45, 7) is 0. The zero-order chi connectivity index (χ0) is 12.3. The number of methoxy groups -OCH3 is 1.